The molecule has 0 saturated heterocycles. The lowest BCUT2D eigenvalue weighted by Crippen LogP contribution is -2.34. The Kier molecular flexibility index (Phi) is 7.38. The van der Waals surface area contributed by atoms with E-state index in [0.717, 1.165) is 29.8 Å². The fraction of sp³-hybridized carbons (Fsp3) is 0.450. The number of aromatic nitrogens is 2. The van der Waals surface area contributed by atoms with E-state index in [1.807, 2.05) is 19.9 Å². The molecule has 2 aromatic rings. The Balaban J connectivity index is 1.72. The van der Waals surface area contributed by atoms with Gasteiger partial charge in [-0.05, 0) is 50.8 Å². The molecule has 1 amide bonds. The maximum atomic E-state index is 12.1. The summed E-state index contributed by atoms with van der Waals surface area (Å²) in [5.74, 6) is 1.01. The second-order valence-electron chi connectivity index (χ2n) is 6.26. The summed E-state index contributed by atoms with van der Waals surface area (Å²) in [7, 11) is 0. The van der Waals surface area contributed by atoms with Crippen molar-refractivity contribution in [2.75, 3.05) is 6.61 Å². The minimum atomic E-state index is 0.0527. The van der Waals surface area contributed by atoms with Gasteiger partial charge in [0.05, 0.1) is 12.3 Å². The molecular formula is C20H27N3O2. The fourth-order valence-corrected chi connectivity index (χ4v) is 2.78. The summed E-state index contributed by atoms with van der Waals surface area (Å²) in [6, 6.07) is 6.28. The topological polar surface area (TPSA) is 64.1 Å². The predicted molar refractivity (Wildman–Crippen MR) is 98.6 cm³/mol. The van der Waals surface area contributed by atoms with Crippen molar-refractivity contribution in [3.05, 3.63) is 53.6 Å². The summed E-state index contributed by atoms with van der Waals surface area (Å²) in [6.07, 6.45) is 7.99. The monoisotopic (exact) mass is 341 g/mol. The normalized spacial score (nSPS) is 11.8. The number of carbonyl (C=O) groups excluding carboxylic acids is 1. The van der Waals surface area contributed by atoms with Crippen LogP contribution in [0.15, 0.2) is 36.8 Å². The first-order valence-electron chi connectivity index (χ1n) is 8.85. The summed E-state index contributed by atoms with van der Waals surface area (Å²) in [5.41, 5.74) is 3.27. The number of nitrogens with zero attached hydrogens (tertiary/aromatic N) is 2. The van der Waals surface area contributed by atoms with Crippen LogP contribution in [0.25, 0.3) is 0 Å². The van der Waals surface area contributed by atoms with E-state index < -0.39 is 0 Å². The van der Waals surface area contributed by atoms with E-state index in [1.165, 1.54) is 5.56 Å². The van der Waals surface area contributed by atoms with Crippen LogP contribution in [0.4, 0.5) is 0 Å². The molecule has 0 spiro atoms. The van der Waals surface area contributed by atoms with E-state index in [0.29, 0.717) is 19.4 Å². The van der Waals surface area contributed by atoms with E-state index >= 15 is 0 Å². The van der Waals surface area contributed by atoms with E-state index in [4.69, 9.17) is 4.74 Å². The maximum absolute atomic E-state index is 12.1. The third-order valence-electron chi connectivity index (χ3n) is 3.95. The minimum absolute atomic E-state index is 0.0527. The molecule has 1 aromatic carbocycles. The van der Waals surface area contributed by atoms with Crippen molar-refractivity contribution in [1.82, 2.24) is 15.3 Å². The number of hydrogen-bond donors (Lipinski definition) is 1. The highest BCUT2D eigenvalue weighted by Gasteiger charge is 2.09. The molecule has 0 aliphatic rings. The molecule has 1 unspecified atom stereocenters. The van der Waals surface area contributed by atoms with Gasteiger partial charge in [0.15, 0.2) is 0 Å². The number of carbonyl (C=O) groups is 1. The van der Waals surface area contributed by atoms with Crippen LogP contribution in [0.5, 0.6) is 5.75 Å². The second kappa shape index (κ2) is 9.77. The molecule has 0 saturated carbocycles. The van der Waals surface area contributed by atoms with Crippen molar-refractivity contribution in [3.63, 3.8) is 0 Å². The highest BCUT2D eigenvalue weighted by atomic mass is 16.5. The Morgan fingerprint density at radius 1 is 1.32 bits per heavy atom. The molecule has 1 aromatic heterocycles. The summed E-state index contributed by atoms with van der Waals surface area (Å²) < 4.78 is 5.55. The Bertz CT molecular complexity index is 674. The first-order chi connectivity index (χ1) is 12.1. The van der Waals surface area contributed by atoms with Gasteiger partial charge in [-0.15, -0.1) is 0 Å². The average Bonchev–Trinajstić information content (AvgIpc) is 2.58. The number of nitrogens with one attached hydrogen (secondary N) is 1. The largest absolute Gasteiger partial charge is 0.494 e. The Morgan fingerprint density at radius 2 is 2.16 bits per heavy atom. The maximum Gasteiger partial charge on any atom is 0.220 e. The number of aryl methyl sites for hydroxylation is 2. The van der Waals surface area contributed by atoms with Gasteiger partial charge in [0.2, 0.25) is 5.91 Å². The highest BCUT2D eigenvalue weighted by Crippen LogP contribution is 2.20. The number of ether oxygens (including phenoxy) is 1. The van der Waals surface area contributed by atoms with Crippen molar-refractivity contribution in [3.8, 4) is 5.75 Å². The molecule has 1 heterocycles. The van der Waals surface area contributed by atoms with Gasteiger partial charge in [0.1, 0.15) is 5.75 Å². The number of rotatable bonds is 9. The van der Waals surface area contributed by atoms with Crippen LogP contribution in [0.1, 0.15) is 43.5 Å². The van der Waals surface area contributed by atoms with Gasteiger partial charge in [-0.2, -0.15) is 0 Å². The zero-order chi connectivity index (χ0) is 18.1. The van der Waals surface area contributed by atoms with E-state index in [-0.39, 0.29) is 11.9 Å². The number of hydrogen-bond acceptors (Lipinski definition) is 4. The van der Waals surface area contributed by atoms with Gasteiger partial charge in [0.25, 0.3) is 0 Å². The van der Waals surface area contributed by atoms with Crippen LogP contribution in [-0.4, -0.2) is 28.5 Å². The molecule has 0 aliphatic heterocycles. The van der Waals surface area contributed by atoms with Crippen LogP contribution in [-0.2, 0) is 17.6 Å². The van der Waals surface area contributed by atoms with Crippen molar-refractivity contribution in [1.29, 1.82) is 0 Å². The first kappa shape index (κ1) is 18.9. The van der Waals surface area contributed by atoms with E-state index in [2.05, 4.69) is 34.3 Å². The first-order valence-corrected chi connectivity index (χ1v) is 8.85. The standard InChI is InChI=1S/C20H27N3O2/c1-4-25-19-9-8-17(12-15(19)2)6-5-7-20(24)23-16(3)13-18-14-21-10-11-22-18/h8-12,14,16H,4-7,13H2,1-3H3,(H,23,24). The molecule has 1 atom stereocenters. The lowest BCUT2D eigenvalue weighted by molar-refractivity contribution is -0.121. The van der Waals surface area contributed by atoms with Gasteiger partial charge in [-0.1, -0.05) is 12.1 Å². The summed E-state index contributed by atoms with van der Waals surface area (Å²) in [4.78, 5) is 20.3. The molecule has 0 bridgehead atoms. The quantitative estimate of drug-likeness (QED) is 0.760. The van der Waals surface area contributed by atoms with Gasteiger partial charge in [-0.3, -0.25) is 14.8 Å². The molecule has 2 rings (SSSR count). The Hall–Kier alpha value is -2.43. The van der Waals surface area contributed by atoms with Crippen LogP contribution >= 0.6 is 0 Å². The summed E-state index contributed by atoms with van der Waals surface area (Å²) in [6.45, 7) is 6.70. The van der Waals surface area contributed by atoms with Crippen molar-refractivity contribution in [2.45, 2.75) is 52.5 Å². The number of benzene rings is 1. The molecule has 5 heteroatoms. The van der Waals surface area contributed by atoms with Crippen molar-refractivity contribution < 1.29 is 9.53 Å². The average molecular weight is 341 g/mol. The zero-order valence-electron chi connectivity index (χ0n) is 15.3. The highest BCUT2D eigenvalue weighted by molar-refractivity contribution is 5.76. The molecule has 1 N–H and O–H groups in total. The summed E-state index contributed by atoms with van der Waals surface area (Å²) >= 11 is 0. The fourth-order valence-electron chi connectivity index (χ4n) is 2.78. The van der Waals surface area contributed by atoms with Gasteiger partial charge in [0, 0.05) is 37.5 Å². The van der Waals surface area contributed by atoms with Crippen LogP contribution in [0.2, 0.25) is 0 Å². The Labute approximate surface area is 149 Å². The molecule has 25 heavy (non-hydrogen) atoms. The molecular weight excluding hydrogens is 314 g/mol. The van der Waals surface area contributed by atoms with Crippen molar-refractivity contribution >= 4 is 5.91 Å². The third kappa shape index (κ3) is 6.53. The predicted octanol–water partition coefficient (Wildman–Crippen LogP) is 3.25. The Morgan fingerprint density at radius 3 is 2.84 bits per heavy atom. The van der Waals surface area contributed by atoms with Crippen molar-refractivity contribution in [2.24, 2.45) is 0 Å². The lowest BCUT2D eigenvalue weighted by Gasteiger charge is -2.13. The van der Waals surface area contributed by atoms with Crippen LogP contribution in [0.3, 0.4) is 0 Å². The molecule has 5 nitrogen and oxygen atoms in total. The van der Waals surface area contributed by atoms with E-state index in [1.54, 1.807) is 18.6 Å². The second-order valence-corrected chi connectivity index (χ2v) is 6.26. The lowest BCUT2D eigenvalue weighted by atomic mass is 10.0. The van der Waals surface area contributed by atoms with Gasteiger partial charge in [-0.25, -0.2) is 0 Å². The van der Waals surface area contributed by atoms with Crippen LogP contribution in [0, 0.1) is 6.92 Å². The SMILES string of the molecule is CCOc1ccc(CCCC(=O)NC(C)Cc2cnccn2)cc1C. The van der Waals surface area contributed by atoms with Crippen LogP contribution < -0.4 is 10.1 Å². The smallest absolute Gasteiger partial charge is 0.220 e. The molecule has 0 fully saturated rings. The molecule has 134 valence electrons. The molecule has 0 aliphatic carbocycles. The number of amides is 1. The minimum Gasteiger partial charge on any atom is -0.494 e. The van der Waals surface area contributed by atoms with Gasteiger partial charge < -0.3 is 10.1 Å². The third-order valence-corrected chi connectivity index (χ3v) is 3.95. The van der Waals surface area contributed by atoms with Gasteiger partial charge >= 0.3 is 0 Å². The molecule has 0 radical (unpaired) electrons. The zero-order valence-corrected chi connectivity index (χ0v) is 15.3. The van der Waals surface area contributed by atoms with E-state index in [9.17, 15) is 4.79 Å². The summed E-state index contributed by atoms with van der Waals surface area (Å²) in [5, 5.41) is 3.03.